The molecule has 0 amide bonds. The molecular formula is C37H32BNO2. The van der Waals surface area contributed by atoms with Crippen LogP contribution in [0, 0.1) is 0 Å². The number of benzene rings is 5. The number of fused-ring (bicyclic) bond motifs is 9. The number of nitrogens with zero attached hydrogens (tertiary/aromatic N) is 1. The monoisotopic (exact) mass is 533 g/mol. The smallest absolute Gasteiger partial charge is 0.399 e. The minimum absolute atomic E-state index is 0.450. The fourth-order valence-corrected chi connectivity index (χ4v) is 7.19. The molecule has 0 radical (unpaired) electrons. The summed E-state index contributed by atoms with van der Waals surface area (Å²) >= 11 is 0. The lowest BCUT2D eigenvalue weighted by Crippen LogP contribution is -2.43. The van der Waals surface area contributed by atoms with Crippen molar-refractivity contribution in [3.05, 3.63) is 144 Å². The first-order valence-electron chi connectivity index (χ1n) is 14.5. The van der Waals surface area contributed by atoms with Gasteiger partial charge in [-0.15, -0.1) is 0 Å². The zero-order valence-corrected chi connectivity index (χ0v) is 23.9. The van der Waals surface area contributed by atoms with Crippen LogP contribution in [0.15, 0.2) is 121 Å². The molecule has 0 bridgehead atoms. The van der Waals surface area contributed by atoms with Crippen LogP contribution < -0.4 is 10.4 Å². The van der Waals surface area contributed by atoms with Crippen LogP contribution in [-0.4, -0.2) is 18.3 Å². The molecule has 1 spiro atoms. The molecule has 5 aromatic carbocycles. The summed E-state index contributed by atoms with van der Waals surface area (Å²) in [7, 11) is -0.504. The predicted octanol–water partition coefficient (Wildman–Crippen LogP) is 8.13. The third-order valence-corrected chi connectivity index (χ3v) is 9.72. The van der Waals surface area contributed by atoms with Gasteiger partial charge in [-0.05, 0) is 79.3 Å². The lowest BCUT2D eigenvalue weighted by Gasteiger charge is -2.46. The van der Waals surface area contributed by atoms with Gasteiger partial charge in [0.1, 0.15) is 0 Å². The van der Waals surface area contributed by atoms with Crippen LogP contribution in [0.25, 0.3) is 11.1 Å². The van der Waals surface area contributed by atoms with E-state index in [1.807, 2.05) is 0 Å². The van der Waals surface area contributed by atoms with Crippen molar-refractivity contribution in [2.24, 2.45) is 0 Å². The summed E-state index contributed by atoms with van der Waals surface area (Å²) in [5.74, 6) is 0. The van der Waals surface area contributed by atoms with E-state index in [-0.39, 0.29) is 0 Å². The van der Waals surface area contributed by atoms with Gasteiger partial charge in [0.05, 0.1) is 28.0 Å². The number of anilines is 3. The minimum Gasteiger partial charge on any atom is -0.399 e. The lowest BCUT2D eigenvalue weighted by atomic mass is 9.62. The highest BCUT2D eigenvalue weighted by atomic mass is 16.7. The van der Waals surface area contributed by atoms with Crippen molar-refractivity contribution < 1.29 is 9.31 Å². The van der Waals surface area contributed by atoms with Crippen molar-refractivity contribution in [2.75, 3.05) is 4.90 Å². The Labute approximate surface area is 242 Å². The van der Waals surface area contributed by atoms with Gasteiger partial charge < -0.3 is 14.2 Å². The Morgan fingerprint density at radius 2 is 1.02 bits per heavy atom. The van der Waals surface area contributed by atoms with Crippen LogP contribution in [0.3, 0.4) is 0 Å². The van der Waals surface area contributed by atoms with E-state index in [9.17, 15) is 0 Å². The van der Waals surface area contributed by atoms with Crippen molar-refractivity contribution in [3.8, 4) is 11.1 Å². The van der Waals surface area contributed by atoms with Gasteiger partial charge in [-0.3, -0.25) is 0 Å². The standard InChI is InChI=1S/C37H32BNO2/c1-35(2)36(3,4)41-38(40-35)32-23-14-22-31-34(32)39(25-15-6-5-7-16-25)33-24-13-12-21-30(33)37(31)28-19-10-8-17-26(28)27-18-9-11-20-29(27)37/h5-24H,1-4H3. The topological polar surface area (TPSA) is 21.7 Å². The third-order valence-electron chi connectivity index (χ3n) is 9.72. The first-order chi connectivity index (χ1) is 19.8. The van der Waals surface area contributed by atoms with E-state index in [1.54, 1.807) is 0 Å². The molecule has 1 saturated heterocycles. The first kappa shape index (κ1) is 24.7. The van der Waals surface area contributed by atoms with Crippen LogP contribution >= 0.6 is 0 Å². The van der Waals surface area contributed by atoms with E-state index in [1.165, 1.54) is 39.1 Å². The van der Waals surface area contributed by atoms with Crippen LogP contribution in [0.4, 0.5) is 17.1 Å². The Morgan fingerprint density at radius 3 is 1.66 bits per heavy atom. The second-order valence-corrected chi connectivity index (χ2v) is 12.4. The Balaban J connectivity index is 1.52. The molecule has 2 heterocycles. The summed E-state index contributed by atoms with van der Waals surface area (Å²) in [6.07, 6.45) is 0. The number of hydrogen-bond donors (Lipinski definition) is 0. The van der Waals surface area contributed by atoms with Gasteiger partial charge in [-0.1, -0.05) is 103 Å². The molecule has 3 nitrogen and oxygen atoms in total. The molecule has 0 saturated carbocycles. The highest BCUT2D eigenvalue weighted by molar-refractivity contribution is 6.64. The van der Waals surface area contributed by atoms with E-state index < -0.39 is 23.7 Å². The highest BCUT2D eigenvalue weighted by Crippen LogP contribution is 2.63. The molecule has 0 aromatic heterocycles. The van der Waals surface area contributed by atoms with E-state index in [4.69, 9.17) is 9.31 Å². The Bertz CT molecular complexity index is 1770. The molecule has 41 heavy (non-hydrogen) atoms. The molecule has 5 aromatic rings. The van der Waals surface area contributed by atoms with Crippen LogP contribution in [0.1, 0.15) is 49.9 Å². The largest absolute Gasteiger partial charge is 0.497 e. The van der Waals surface area contributed by atoms with Gasteiger partial charge in [0, 0.05) is 11.2 Å². The van der Waals surface area contributed by atoms with E-state index in [0.29, 0.717) is 0 Å². The molecule has 4 heteroatoms. The fraction of sp³-hybridized carbons (Fsp3) is 0.189. The zero-order valence-electron chi connectivity index (χ0n) is 23.9. The Kier molecular flexibility index (Phi) is 5.08. The number of hydrogen-bond acceptors (Lipinski definition) is 3. The predicted molar refractivity (Wildman–Crippen MR) is 168 cm³/mol. The maximum atomic E-state index is 6.73. The summed E-state index contributed by atoms with van der Waals surface area (Å²) in [4.78, 5) is 2.42. The van der Waals surface area contributed by atoms with Gasteiger partial charge in [-0.25, -0.2) is 0 Å². The van der Waals surface area contributed by atoms with Gasteiger partial charge in [-0.2, -0.15) is 0 Å². The number of para-hydroxylation sites is 3. The molecule has 0 unspecified atom stereocenters. The Morgan fingerprint density at radius 1 is 0.512 bits per heavy atom. The SMILES string of the molecule is CC1(C)OB(c2cccc3c2N(c2ccccc2)c2ccccc2C32c3ccccc3-c3ccccc32)OC1(C)C. The maximum Gasteiger partial charge on any atom is 0.497 e. The Hall–Kier alpha value is -4.12. The third kappa shape index (κ3) is 3.18. The quantitative estimate of drug-likeness (QED) is 0.210. The fourth-order valence-electron chi connectivity index (χ4n) is 7.19. The molecule has 200 valence electrons. The average Bonchev–Trinajstić information content (AvgIpc) is 3.40. The first-order valence-corrected chi connectivity index (χ1v) is 14.5. The molecular weight excluding hydrogens is 501 g/mol. The summed E-state index contributed by atoms with van der Waals surface area (Å²) in [5, 5.41) is 0. The van der Waals surface area contributed by atoms with Crippen LogP contribution in [-0.2, 0) is 14.7 Å². The van der Waals surface area contributed by atoms with Crippen molar-refractivity contribution in [1.29, 1.82) is 0 Å². The summed E-state index contributed by atoms with van der Waals surface area (Å²) in [5.41, 5.74) is 10.8. The van der Waals surface area contributed by atoms with Crippen molar-refractivity contribution in [3.63, 3.8) is 0 Å². The van der Waals surface area contributed by atoms with E-state index in [0.717, 1.165) is 16.8 Å². The summed E-state index contributed by atoms with van der Waals surface area (Å²) < 4.78 is 13.5. The minimum atomic E-state index is -0.504. The second kappa shape index (κ2) is 8.45. The van der Waals surface area contributed by atoms with Gasteiger partial charge in [0.2, 0.25) is 0 Å². The van der Waals surface area contributed by atoms with Gasteiger partial charge >= 0.3 is 7.12 Å². The van der Waals surface area contributed by atoms with Crippen molar-refractivity contribution in [1.82, 2.24) is 0 Å². The lowest BCUT2D eigenvalue weighted by molar-refractivity contribution is 0.00578. The van der Waals surface area contributed by atoms with Crippen LogP contribution in [0.5, 0.6) is 0 Å². The summed E-state index contributed by atoms with van der Waals surface area (Å²) in [6, 6.07) is 44.1. The maximum absolute atomic E-state index is 6.73. The average molecular weight is 533 g/mol. The van der Waals surface area contributed by atoms with Gasteiger partial charge in [0.25, 0.3) is 0 Å². The van der Waals surface area contributed by atoms with Crippen molar-refractivity contribution >= 4 is 29.6 Å². The number of rotatable bonds is 2. The molecule has 1 fully saturated rings. The second-order valence-electron chi connectivity index (χ2n) is 12.4. The molecule has 0 atom stereocenters. The zero-order chi connectivity index (χ0) is 28.0. The van der Waals surface area contributed by atoms with Crippen molar-refractivity contribution in [2.45, 2.75) is 44.3 Å². The summed E-state index contributed by atoms with van der Waals surface area (Å²) in [6.45, 7) is 8.49. The highest BCUT2D eigenvalue weighted by Gasteiger charge is 2.56. The molecule has 8 rings (SSSR count). The molecule has 3 aliphatic rings. The van der Waals surface area contributed by atoms with Gasteiger partial charge in [0.15, 0.2) is 0 Å². The molecule has 0 N–H and O–H groups in total. The van der Waals surface area contributed by atoms with Crippen LogP contribution in [0.2, 0.25) is 0 Å². The molecule has 2 aliphatic heterocycles. The van der Waals surface area contributed by atoms with E-state index in [2.05, 4.69) is 154 Å². The molecule has 1 aliphatic carbocycles. The van der Waals surface area contributed by atoms with E-state index >= 15 is 0 Å². The normalized spacial score (nSPS) is 18.5.